The number of benzene rings is 1. The van der Waals surface area contributed by atoms with Gasteiger partial charge in [-0.05, 0) is 17.9 Å². The highest BCUT2D eigenvalue weighted by atomic mass is 16.6. The van der Waals surface area contributed by atoms with Gasteiger partial charge in [0.15, 0.2) is 0 Å². The van der Waals surface area contributed by atoms with Crippen LogP contribution in [0.2, 0.25) is 0 Å². The van der Waals surface area contributed by atoms with Crippen LogP contribution in [-0.4, -0.2) is 34.1 Å². The third-order valence-electron chi connectivity index (χ3n) is 3.64. The minimum atomic E-state index is -0.488. The van der Waals surface area contributed by atoms with Crippen LogP contribution >= 0.6 is 0 Å². The van der Waals surface area contributed by atoms with E-state index in [0.717, 1.165) is 0 Å². The van der Waals surface area contributed by atoms with Crippen molar-refractivity contribution in [3.8, 4) is 0 Å². The van der Waals surface area contributed by atoms with Crippen molar-refractivity contribution >= 4 is 22.5 Å². The average Bonchev–Trinajstić information content (AvgIpc) is 2.87. The lowest BCUT2D eigenvalue weighted by atomic mass is 9.89. The Hall–Kier alpha value is -2.41. The lowest BCUT2D eigenvalue weighted by Gasteiger charge is -2.23. The minimum absolute atomic E-state index is 0.0539. The molecule has 0 aliphatic carbocycles. The maximum atomic E-state index is 12.3. The molecule has 1 heterocycles. The molecule has 3 N–H and O–H groups in total. The van der Waals surface area contributed by atoms with E-state index in [1.807, 2.05) is 13.8 Å². The molecule has 1 aromatic heterocycles. The number of nitro groups is 1. The second-order valence-electron chi connectivity index (χ2n) is 6.01. The third-order valence-corrected chi connectivity index (χ3v) is 3.64. The van der Waals surface area contributed by atoms with Crippen LogP contribution in [0.3, 0.4) is 0 Å². The molecule has 0 aliphatic heterocycles. The number of nitrogens with zero attached hydrogens (tertiary/aromatic N) is 1. The number of hydrogen-bond donors (Lipinski definition) is 3. The van der Waals surface area contributed by atoms with E-state index in [1.54, 1.807) is 12.3 Å². The molecule has 1 aromatic carbocycles. The van der Waals surface area contributed by atoms with Crippen molar-refractivity contribution in [2.24, 2.45) is 5.41 Å². The summed E-state index contributed by atoms with van der Waals surface area (Å²) in [4.78, 5) is 25.6. The molecule has 2 aromatic rings. The van der Waals surface area contributed by atoms with Crippen LogP contribution in [0.4, 0.5) is 5.69 Å². The van der Waals surface area contributed by atoms with E-state index >= 15 is 0 Å². The second kappa shape index (κ2) is 6.15. The van der Waals surface area contributed by atoms with Gasteiger partial charge in [-0.2, -0.15) is 0 Å². The van der Waals surface area contributed by atoms with Gasteiger partial charge in [-0.1, -0.05) is 13.8 Å². The summed E-state index contributed by atoms with van der Waals surface area (Å²) in [6.45, 7) is 4.36. The van der Waals surface area contributed by atoms with Gasteiger partial charge in [0.1, 0.15) is 0 Å². The van der Waals surface area contributed by atoms with Crippen LogP contribution in [0.25, 0.3) is 10.9 Å². The van der Waals surface area contributed by atoms with Crippen molar-refractivity contribution in [2.45, 2.75) is 20.3 Å². The quantitative estimate of drug-likeness (QED) is 0.561. The number of carbonyl (C=O) groups excluding carboxylic acids is 1. The van der Waals surface area contributed by atoms with Gasteiger partial charge >= 0.3 is 0 Å². The summed E-state index contributed by atoms with van der Waals surface area (Å²) in [6, 6.07) is 4.37. The van der Waals surface area contributed by atoms with Crippen LogP contribution < -0.4 is 5.32 Å². The molecule has 7 heteroatoms. The summed E-state index contributed by atoms with van der Waals surface area (Å²) in [5.74, 6) is -0.294. The standard InChI is InChI=1S/C15H19N3O4/c1-15(2,5-6-19)9-17-14(20)12-8-16-13-4-3-10(18(21)22)7-11(12)13/h3-4,7-8,16,19H,5-6,9H2,1-2H3,(H,17,20). The number of rotatable bonds is 6. The van der Waals surface area contributed by atoms with Crippen molar-refractivity contribution in [1.29, 1.82) is 0 Å². The van der Waals surface area contributed by atoms with Gasteiger partial charge in [-0.3, -0.25) is 14.9 Å². The van der Waals surface area contributed by atoms with Crippen molar-refractivity contribution in [3.05, 3.63) is 40.1 Å². The molecule has 0 saturated heterocycles. The highest BCUT2D eigenvalue weighted by Crippen LogP contribution is 2.24. The number of non-ortho nitro benzene ring substituents is 1. The Morgan fingerprint density at radius 2 is 2.18 bits per heavy atom. The summed E-state index contributed by atoms with van der Waals surface area (Å²) in [5, 5.41) is 23.2. The molecule has 0 fully saturated rings. The van der Waals surface area contributed by atoms with Crippen LogP contribution in [0, 0.1) is 15.5 Å². The zero-order chi connectivity index (χ0) is 16.3. The van der Waals surface area contributed by atoms with Crippen LogP contribution in [0.15, 0.2) is 24.4 Å². The lowest BCUT2D eigenvalue weighted by Crippen LogP contribution is -2.34. The fourth-order valence-corrected chi connectivity index (χ4v) is 2.22. The molecule has 22 heavy (non-hydrogen) atoms. The van der Waals surface area contributed by atoms with E-state index in [2.05, 4.69) is 10.3 Å². The summed E-state index contributed by atoms with van der Waals surface area (Å²) in [6.07, 6.45) is 2.12. The van der Waals surface area contributed by atoms with Crippen molar-refractivity contribution in [3.63, 3.8) is 0 Å². The largest absolute Gasteiger partial charge is 0.396 e. The number of amides is 1. The van der Waals surface area contributed by atoms with Gasteiger partial charge in [-0.25, -0.2) is 0 Å². The van der Waals surface area contributed by atoms with Crippen LogP contribution in [-0.2, 0) is 0 Å². The number of aromatic nitrogens is 1. The maximum absolute atomic E-state index is 12.3. The molecule has 0 atom stereocenters. The third kappa shape index (κ3) is 3.43. The Labute approximate surface area is 127 Å². The smallest absolute Gasteiger partial charge is 0.270 e. The molecule has 0 bridgehead atoms. The number of hydrogen-bond acceptors (Lipinski definition) is 4. The van der Waals surface area contributed by atoms with Crippen molar-refractivity contribution < 1.29 is 14.8 Å². The Morgan fingerprint density at radius 3 is 2.82 bits per heavy atom. The second-order valence-corrected chi connectivity index (χ2v) is 6.01. The van der Waals surface area contributed by atoms with Gasteiger partial charge in [0.05, 0.1) is 10.5 Å². The lowest BCUT2D eigenvalue weighted by molar-refractivity contribution is -0.384. The normalized spacial score (nSPS) is 11.6. The summed E-state index contributed by atoms with van der Waals surface area (Å²) in [7, 11) is 0. The number of nitrogens with one attached hydrogen (secondary N) is 2. The number of aromatic amines is 1. The van der Waals surface area contributed by atoms with E-state index in [4.69, 9.17) is 5.11 Å². The summed E-state index contributed by atoms with van der Waals surface area (Å²) >= 11 is 0. The highest BCUT2D eigenvalue weighted by molar-refractivity contribution is 6.07. The Balaban J connectivity index is 2.21. The molecule has 118 valence electrons. The SMILES string of the molecule is CC(C)(CCO)CNC(=O)c1c[nH]c2ccc([N+](=O)[O-])cc12. The number of H-pyrrole nitrogens is 1. The van der Waals surface area contributed by atoms with E-state index in [9.17, 15) is 14.9 Å². The fourth-order valence-electron chi connectivity index (χ4n) is 2.22. The summed E-state index contributed by atoms with van der Waals surface area (Å²) < 4.78 is 0. The molecule has 0 spiro atoms. The number of fused-ring (bicyclic) bond motifs is 1. The molecule has 0 saturated carbocycles. The first-order valence-corrected chi connectivity index (χ1v) is 6.99. The predicted molar refractivity (Wildman–Crippen MR) is 82.8 cm³/mol. The first-order chi connectivity index (χ1) is 10.3. The van der Waals surface area contributed by atoms with Gasteiger partial charge < -0.3 is 15.4 Å². The van der Waals surface area contributed by atoms with Gasteiger partial charge in [0.2, 0.25) is 0 Å². The first-order valence-electron chi connectivity index (χ1n) is 6.99. The molecule has 1 amide bonds. The fraction of sp³-hybridized carbons (Fsp3) is 0.400. The van der Waals surface area contributed by atoms with Gasteiger partial charge in [0.25, 0.3) is 11.6 Å². The Morgan fingerprint density at radius 1 is 1.45 bits per heavy atom. The highest BCUT2D eigenvalue weighted by Gasteiger charge is 2.20. The molecule has 0 aliphatic rings. The Kier molecular flexibility index (Phi) is 4.46. The molecule has 0 unspecified atom stereocenters. The first kappa shape index (κ1) is 16.0. The minimum Gasteiger partial charge on any atom is -0.396 e. The van der Waals surface area contributed by atoms with E-state index in [1.165, 1.54) is 12.1 Å². The number of aliphatic hydroxyl groups is 1. The average molecular weight is 305 g/mol. The number of carbonyl (C=O) groups is 1. The molecular formula is C15H19N3O4. The zero-order valence-corrected chi connectivity index (χ0v) is 12.5. The molecule has 7 nitrogen and oxygen atoms in total. The van der Waals surface area contributed by atoms with E-state index < -0.39 is 4.92 Å². The number of aliphatic hydroxyl groups excluding tert-OH is 1. The van der Waals surface area contributed by atoms with Crippen LogP contribution in [0.5, 0.6) is 0 Å². The molecular weight excluding hydrogens is 286 g/mol. The van der Waals surface area contributed by atoms with E-state index in [0.29, 0.717) is 29.4 Å². The molecule has 2 rings (SSSR count). The van der Waals surface area contributed by atoms with Gasteiger partial charge in [-0.15, -0.1) is 0 Å². The van der Waals surface area contributed by atoms with Crippen LogP contribution in [0.1, 0.15) is 30.6 Å². The summed E-state index contributed by atoms with van der Waals surface area (Å²) in [5.41, 5.74) is 0.772. The topological polar surface area (TPSA) is 108 Å². The monoisotopic (exact) mass is 305 g/mol. The van der Waals surface area contributed by atoms with E-state index in [-0.39, 0.29) is 23.6 Å². The predicted octanol–water partition coefficient (Wildman–Crippen LogP) is 2.21. The molecule has 0 radical (unpaired) electrons. The Bertz CT molecular complexity index is 706. The maximum Gasteiger partial charge on any atom is 0.270 e. The van der Waals surface area contributed by atoms with Gasteiger partial charge in [0, 0.05) is 42.4 Å². The zero-order valence-electron chi connectivity index (χ0n) is 12.5. The number of nitro benzene ring substituents is 1. The van der Waals surface area contributed by atoms with Crippen molar-refractivity contribution in [1.82, 2.24) is 10.3 Å². The van der Waals surface area contributed by atoms with Crippen molar-refractivity contribution in [2.75, 3.05) is 13.2 Å².